The average molecular weight is 435 g/mol. The first-order valence-corrected chi connectivity index (χ1v) is 11.0. The van der Waals surface area contributed by atoms with E-state index in [0.29, 0.717) is 23.1 Å². The van der Waals surface area contributed by atoms with E-state index in [0.717, 1.165) is 31.9 Å². The van der Waals surface area contributed by atoms with Crippen LogP contribution in [0.3, 0.4) is 0 Å². The summed E-state index contributed by atoms with van der Waals surface area (Å²) in [6, 6.07) is 14.7. The Balaban J connectivity index is 1.68. The molecule has 168 valence electrons. The zero-order chi connectivity index (χ0) is 22.8. The van der Waals surface area contributed by atoms with Gasteiger partial charge in [0.15, 0.2) is 0 Å². The number of fused-ring (bicyclic) bond motifs is 1. The molecule has 0 unspecified atom stereocenters. The number of anilines is 2. The van der Waals surface area contributed by atoms with Gasteiger partial charge in [-0.05, 0) is 43.3 Å². The van der Waals surface area contributed by atoms with Crippen LogP contribution in [-0.2, 0) is 6.54 Å². The highest BCUT2D eigenvalue weighted by molar-refractivity contribution is 6.09. The molecule has 0 aliphatic carbocycles. The van der Waals surface area contributed by atoms with E-state index < -0.39 is 11.5 Å². The van der Waals surface area contributed by atoms with Crippen molar-refractivity contribution in [3.8, 4) is 5.75 Å². The van der Waals surface area contributed by atoms with Crippen LogP contribution in [0.2, 0.25) is 0 Å². The molecular weight excluding hydrogens is 404 g/mol. The molecule has 32 heavy (non-hydrogen) atoms. The third-order valence-corrected chi connectivity index (χ3v) is 5.89. The van der Waals surface area contributed by atoms with E-state index in [2.05, 4.69) is 22.2 Å². The maximum absolute atomic E-state index is 13.2. The summed E-state index contributed by atoms with van der Waals surface area (Å²) in [4.78, 5) is 31.0. The third kappa shape index (κ3) is 4.34. The number of carbonyl (C=O) groups excluding carboxylic acids is 1. The van der Waals surface area contributed by atoms with Crippen molar-refractivity contribution >= 4 is 28.2 Å². The Kier molecular flexibility index (Phi) is 6.19. The Morgan fingerprint density at radius 3 is 2.50 bits per heavy atom. The summed E-state index contributed by atoms with van der Waals surface area (Å²) in [5, 5.41) is 14.1. The van der Waals surface area contributed by atoms with Crippen LogP contribution in [0.4, 0.5) is 11.4 Å². The van der Waals surface area contributed by atoms with Gasteiger partial charge in [0.2, 0.25) is 0 Å². The number of rotatable bonds is 5. The smallest absolute Gasteiger partial charge is 0.267 e. The van der Waals surface area contributed by atoms with E-state index in [-0.39, 0.29) is 17.2 Å². The van der Waals surface area contributed by atoms with Crippen LogP contribution in [0.5, 0.6) is 5.75 Å². The van der Waals surface area contributed by atoms with Crippen molar-refractivity contribution in [2.45, 2.75) is 20.4 Å². The zero-order valence-corrected chi connectivity index (χ0v) is 18.8. The molecule has 2 heterocycles. The minimum atomic E-state index is -0.605. The molecule has 0 saturated carbocycles. The normalized spacial score (nSPS) is 14.8. The summed E-state index contributed by atoms with van der Waals surface area (Å²) in [7, 11) is 2.11. The van der Waals surface area contributed by atoms with Crippen LogP contribution in [0.1, 0.15) is 24.2 Å². The predicted molar refractivity (Wildman–Crippen MR) is 129 cm³/mol. The second-order valence-electron chi connectivity index (χ2n) is 8.85. The Hall–Kier alpha value is -3.32. The van der Waals surface area contributed by atoms with Gasteiger partial charge in [0.1, 0.15) is 11.3 Å². The number of amides is 1. The molecule has 2 N–H and O–H groups in total. The minimum Gasteiger partial charge on any atom is -0.506 e. The molecule has 7 heteroatoms. The topological polar surface area (TPSA) is 77.8 Å². The van der Waals surface area contributed by atoms with Crippen molar-refractivity contribution in [1.29, 1.82) is 0 Å². The minimum absolute atomic E-state index is 0.205. The quantitative estimate of drug-likeness (QED) is 0.644. The van der Waals surface area contributed by atoms with E-state index in [9.17, 15) is 14.7 Å². The number of aromatic nitrogens is 1. The van der Waals surface area contributed by atoms with Gasteiger partial charge in [-0.15, -0.1) is 0 Å². The molecule has 1 saturated heterocycles. The molecule has 1 aliphatic heterocycles. The van der Waals surface area contributed by atoms with Gasteiger partial charge in [-0.3, -0.25) is 9.59 Å². The van der Waals surface area contributed by atoms with Gasteiger partial charge in [0, 0.05) is 49.5 Å². The van der Waals surface area contributed by atoms with Crippen LogP contribution in [0.25, 0.3) is 10.9 Å². The van der Waals surface area contributed by atoms with Crippen LogP contribution in [0, 0.1) is 5.92 Å². The van der Waals surface area contributed by atoms with Crippen molar-refractivity contribution in [3.63, 3.8) is 0 Å². The summed E-state index contributed by atoms with van der Waals surface area (Å²) in [6.45, 7) is 8.28. The largest absolute Gasteiger partial charge is 0.506 e. The number of hydrogen-bond donors (Lipinski definition) is 2. The first-order chi connectivity index (χ1) is 15.3. The third-order valence-electron chi connectivity index (χ3n) is 5.89. The molecule has 1 amide bonds. The monoisotopic (exact) mass is 434 g/mol. The summed E-state index contributed by atoms with van der Waals surface area (Å²) in [5.74, 6) is -0.679. The summed E-state index contributed by atoms with van der Waals surface area (Å²) in [6.07, 6.45) is 0. The fraction of sp³-hybridized carbons (Fsp3) is 0.360. The first-order valence-electron chi connectivity index (χ1n) is 11.0. The van der Waals surface area contributed by atoms with E-state index in [1.165, 1.54) is 0 Å². The zero-order valence-electron chi connectivity index (χ0n) is 18.8. The van der Waals surface area contributed by atoms with Gasteiger partial charge in [0.05, 0.1) is 5.52 Å². The molecule has 0 bridgehead atoms. The van der Waals surface area contributed by atoms with Crippen molar-refractivity contribution in [3.05, 3.63) is 64.4 Å². The molecule has 0 spiro atoms. The molecule has 4 rings (SSSR count). The number of hydrogen-bond acceptors (Lipinski definition) is 5. The molecule has 2 aromatic carbocycles. The molecule has 1 aliphatic rings. The number of aromatic hydroxyl groups is 1. The molecule has 7 nitrogen and oxygen atoms in total. The first kappa shape index (κ1) is 21.9. The maximum Gasteiger partial charge on any atom is 0.267 e. The summed E-state index contributed by atoms with van der Waals surface area (Å²) < 4.78 is 1.58. The number of para-hydroxylation sites is 1. The van der Waals surface area contributed by atoms with Crippen LogP contribution in [-0.4, -0.2) is 53.7 Å². The average Bonchev–Trinajstić information content (AvgIpc) is 2.77. The van der Waals surface area contributed by atoms with Crippen LogP contribution < -0.4 is 15.8 Å². The van der Waals surface area contributed by atoms with E-state index in [1.54, 1.807) is 28.8 Å². The van der Waals surface area contributed by atoms with Crippen molar-refractivity contribution in [1.82, 2.24) is 9.47 Å². The second-order valence-corrected chi connectivity index (χ2v) is 8.85. The van der Waals surface area contributed by atoms with Crippen LogP contribution >= 0.6 is 0 Å². The lowest BCUT2D eigenvalue weighted by molar-refractivity contribution is 0.102. The Morgan fingerprint density at radius 1 is 1.06 bits per heavy atom. The number of nitrogens with one attached hydrogen (secondary N) is 1. The Bertz CT molecular complexity index is 1190. The van der Waals surface area contributed by atoms with E-state index in [1.807, 2.05) is 38.1 Å². The van der Waals surface area contributed by atoms with Gasteiger partial charge in [-0.25, -0.2) is 0 Å². The highest BCUT2D eigenvalue weighted by Crippen LogP contribution is 2.28. The molecule has 0 radical (unpaired) electrons. The fourth-order valence-electron chi connectivity index (χ4n) is 4.18. The highest BCUT2D eigenvalue weighted by atomic mass is 16.3. The maximum atomic E-state index is 13.2. The SMILES string of the molecule is CC(C)Cn1c(=O)c(C(=O)Nc2cccc(N3CCN(C)CC3)c2)c(O)c2ccccc21. The van der Waals surface area contributed by atoms with E-state index in [4.69, 9.17) is 0 Å². The highest BCUT2D eigenvalue weighted by Gasteiger charge is 2.23. The van der Waals surface area contributed by atoms with Gasteiger partial charge >= 0.3 is 0 Å². The number of pyridine rings is 1. The number of piperazine rings is 1. The van der Waals surface area contributed by atoms with Gasteiger partial charge in [-0.1, -0.05) is 32.0 Å². The Labute approximate surface area is 187 Å². The number of carbonyl (C=O) groups is 1. The van der Waals surface area contributed by atoms with Crippen molar-refractivity contribution in [2.75, 3.05) is 43.4 Å². The number of benzene rings is 2. The lowest BCUT2D eigenvalue weighted by Gasteiger charge is -2.34. The fourth-order valence-corrected chi connectivity index (χ4v) is 4.18. The van der Waals surface area contributed by atoms with Gasteiger partial charge < -0.3 is 24.8 Å². The van der Waals surface area contributed by atoms with Crippen molar-refractivity contribution in [2.24, 2.45) is 5.92 Å². The molecule has 1 aromatic heterocycles. The van der Waals surface area contributed by atoms with Gasteiger partial charge in [0.25, 0.3) is 11.5 Å². The van der Waals surface area contributed by atoms with Crippen molar-refractivity contribution < 1.29 is 9.90 Å². The molecular formula is C25H30N4O3. The lowest BCUT2D eigenvalue weighted by atomic mass is 10.1. The van der Waals surface area contributed by atoms with Gasteiger partial charge in [-0.2, -0.15) is 0 Å². The van der Waals surface area contributed by atoms with Crippen LogP contribution in [0.15, 0.2) is 53.3 Å². The summed E-state index contributed by atoms with van der Waals surface area (Å²) in [5.41, 5.74) is 1.53. The molecule has 1 fully saturated rings. The molecule has 3 aromatic rings. The summed E-state index contributed by atoms with van der Waals surface area (Å²) >= 11 is 0. The number of likely N-dealkylation sites (N-methyl/N-ethyl adjacent to an activating group) is 1. The van der Waals surface area contributed by atoms with E-state index >= 15 is 0 Å². The second kappa shape index (κ2) is 9.04. The standard InChI is InChI=1S/C25H30N4O3/c1-17(2)16-29-21-10-5-4-9-20(21)23(30)22(25(29)32)24(31)26-18-7-6-8-19(15-18)28-13-11-27(3)12-14-28/h4-10,15,17,30H,11-14,16H2,1-3H3,(H,26,31). The Morgan fingerprint density at radius 2 is 1.78 bits per heavy atom. The predicted octanol–water partition coefficient (Wildman–Crippen LogP) is 3.37. The lowest BCUT2D eigenvalue weighted by Crippen LogP contribution is -2.44. The molecule has 0 atom stereocenters. The number of nitrogens with zero attached hydrogens (tertiary/aromatic N) is 3.